The summed E-state index contributed by atoms with van der Waals surface area (Å²) in [6, 6.07) is 5.67. The number of nitrogens with one attached hydrogen (secondary N) is 1. The van der Waals surface area contributed by atoms with Gasteiger partial charge in [-0.1, -0.05) is 29.4 Å². The molecule has 3 N–H and O–H groups in total. The molecule has 38 heavy (non-hydrogen) atoms. The predicted molar refractivity (Wildman–Crippen MR) is 150 cm³/mol. The standard InChI is InChI=1S/C28H41N5O4S/c1-20(2)36-21(3)12-13-22(14-15-29)28-30-27(31-37-28)25-10-6-9-24-23(25)8-7-11-26(24)32-38(34,35)19-18-33-16-4-5-17-33/h6,9-10,12-13,20,26,32H,4-5,7-8,11,14-19,29H2,1-3H3. The van der Waals surface area contributed by atoms with E-state index in [-0.39, 0.29) is 17.9 Å². The molecule has 10 heteroatoms. The smallest absolute Gasteiger partial charge is 0.254 e. The minimum Gasteiger partial charge on any atom is -0.496 e. The molecule has 1 fully saturated rings. The second kappa shape index (κ2) is 13.0. The molecule has 2 aromatic rings. The van der Waals surface area contributed by atoms with Crippen LogP contribution in [0.15, 0.2) is 40.6 Å². The maximum absolute atomic E-state index is 12.9. The molecule has 4 rings (SSSR count). The van der Waals surface area contributed by atoms with Crippen LogP contribution in [-0.4, -0.2) is 61.5 Å². The third-order valence-electron chi connectivity index (χ3n) is 7.00. The van der Waals surface area contributed by atoms with E-state index in [0.717, 1.165) is 73.2 Å². The zero-order valence-corrected chi connectivity index (χ0v) is 23.6. The summed E-state index contributed by atoms with van der Waals surface area (Å²) < 4.78 is 40.2. The van der Waals surface area contributed by atoms with Gasteiger partial charge in [-0.05, 0) is 96.1 Å². The quantitative estimate of drug-likeness (QED) is 0.302. The fourth-order valence-corrected chi connectivity index (χ4v) is 6.52. The van der Waals surface area contributed by atoms with Gasteiger partial charge < -0.3 is 19.9 Å². The molecule has 2 heterocycles. The van der Waals surface area contributed by atoms with Gasteiger partial charge in [-0.3, -0.25) is 0 Å². The van der Waals surface area contributed by atoms with E-state index < -0.39 is 10.0 Å². The minimum absolute atomic E-state index is 0.0928. The highest BCUT2D eigenvalue weighted by molar-refractivity contribution is 7.89. The summed E-state index contributed by atoms with van der Waals surface area (Å²) in [6.45, 7) is 8.87. The molecule has 1 atom stereocenters. The highest BCUT2D eigenvalue weighted by Gasteiger charge is 2.28. The molecule has 1 aromatic heterocycles. The molecule has 208 valence electrons. The number of nitrogens with zero attached hydrogens (tertiary/aromatic N) is 3. The second-order valence-corrected chi connectivity index (χ2v) is 12.3. The Morgan fingerprint density at radius 2 is 2.05 bits per heavy atom. The average molecular weight is 544 g/mol. The largest absolute Gasteiger partial charge is 0.496 e. The monoisotopic (exact) mass is 543 g/mol. The van der Waals surface area contributed by atoms with Gasteiger partial charge >= 0.3 is 0 Å². The van der Waals surface area contributed by atoms with Crippen molar-refractivity contribution in [3.8, 4) is 11.4 Å². The Balaban J connectivity index is 1.54. The molecular formula is C28H41N5O4S. The maximum atomic E-state index is 12.9. The van der Waals surface area contributed by atoms with E-state index >= 15 is 0 Å². The van der Waals surface area contributed by atoms with Gasteiger partial charge in [0.15, 0.2) is 0 Å². The molecule has 0 saturated carbocycles. The molecule has 9 nitrogen and oxygen atoms in total. The zero-order chi connectivity index (χ0) is 27.1. The van der Waals surface area contributed by atoms with Crippen LogP contribution in [-0.2, 0) is 21.2 Å². The van der Waals surface area contributed by atoms with Crippen LogP contribution >= 0.6 is 0 Å². The summed E-state index contributed by atoms with van der Waals surface area (Å²) in [5, 5.41) is 4.28. The normalized spacial score (nSPS) is 19.2. The number of aromatic nitrogens is 2. The zero-order valence-electron chi connectivity index (χ0n) is 22.8. The lowest BCUT2D eigenvalue weighted by Gasteiger charge is -2.28. The summed E-state index contributed by atoms with van der Waals surface area (Å²) in [5.74, 6) is 1.84. The van der Waals surface area contributed by atoms with Crippen LogP contribution in [0.25, 0.3) is 17.0 Å². The molecular weight excluding hydrogens is 502 g/mol. The number of sulfonamides is 1. The van der Waals surface area contributed by atoms with Crippen LogP contribution in [0.5, 0.6) is 0 Å². The number of hydrogen-bond acceptors (Lipinski definition) is 8. The lowest BCUT2D eigenvalue weighted by Crippen LogP contribution is -2.36. The highest BCUT2D eigenvalue weighted by atomic mass is 32.2. The Hall–Kier alpha value is -2.53. The first-order chi connectivity index (χ1) is 18.3. The maximum Gasteiger partial charge on any atom is 0.254 e. The first-order valence-electron chi connectivity index (χ1n) is 13.7. The summed E-state index contributed by atoms with van der Waals surface area (Å²) >= 11 is 0. The van der Waals surface area contributed by atoms with Gasteiger partial charge in [0.2, 0.25) is 15.8 Å². The van der Waals surface area contributed by atoms with Crippen molar-refractivity contribution in [1.82, 2.24) is 19.8 Å². The topological polar surface area (TPSA) is 124 Å². The SMILES string of the molecule is CC(=CC=C(CCN)c1nc(-c2cccc3c2CCCC3NS(=O)(=O)CCN2CCCC2)no1)OC(C)C. The average Bonchev–Trinajstić information content (AvgIpc) is 3.57. The first-order valence-corrected chi connectivity index (χ1v) is 15.3. The summed E-state index contributed by atoms with van der Waals surface area (Å²) in [6.07, 6.45) is 9.26. The van der Waals surface area contributed by atoms with Crippen LogP contribution in [0.1, 0.15) is 75.9 Å². The third-order valence-corrected chi connectivity index (χ3v) is 8.36. The summed E-state index contributed by atoms with van der Waals surface area (Å²) in [4.78, 5) is 6.93. The number of ether oxygens (including phenoxy) is 1. The molecule has 1 aliphatic carbocycles. The van der Waals surface area contributed by atoms with Gasteiger partial charge in [-0.15, -0.1) is 0 Å². The Bertz CT molecular complexity index is 1250. The molecule has 0 spiro atoms. The Labute approximate surface area is 226 Å². The van der Waals surface area contributed by atoms with E-state index in [0.29, 0.717) is 31.2 Å². The Morgan fingerprint density at radius 1 is 1.26 bits per heavy atom. The molecule has 0 amide bonds. The molecule has 0 bridgehead atoms. The van der Waals surface area contributed by atoms with Gasteiger partial charge in [0.25, 0.3) is 5.89 Å². The molecule has 0 radical (unpaired) electrons. The molecule has 1 saturated heterocycles. The van der Waals surface area contributed by atoms with Gasteiger partial charge in [-0.25, -0.2) is 13.1 Å². The van der Waals surface area contributed by atoms with Crippen LogP contribution in [0.4, 0.5) is 0 Å². The lowest BCUT2D eigenvalue weighted by atomic mass is 9.85. The molecule has 2 aliphatic rings. The van der Waals surface area contributed by atoms with E-state index in [1.54, 1.807) is 0 Å². The summed E-state index contributed by atoms with van der Waals surface area (Å²) in [7, 11) is -3.40. The Morgan fingerprint density at radius 3 is 2.79 bits per heavy atom. The van der Waals surface area contributed by atoms with Crippen LogP contribution in [0, 0.1) is 0 Å². The predicted octanol–water partition coefficient (Wildman–Crippen LogP) is 4.19. The fourth-order valence-electron chi connectivity index (χ4n) is 5.22. The van der Waals surface area contributed by atoms with Crippen molar-refractivity contribution in [3.63, 3.8) is 0 Å². The van der Waals surface area contributed by atoms with Crippen molar-refractivity contribution >= 4 is 15.6 Å². The van der Waals surface area contributed by atoms with E-state index in [4.69, 9.17) is 20.0 Å². The van der Waals surface area contributed by atoms with Crippen molar-refractivity contribution in [3.05, 3.63) is 53.1 Å². The van der Waals surface area contributed by atoms with Crippen LogP contribution in [0.2, 0.25) is 0 Å². The van der Waals surface area contributed by atoms with Gasteiger partial charge in [-0.2, -0.15) is 4.98 Å². The number of nitrogens with two attached hydrogens (primary N) is 1. The van der Waals surface area contributed by atoms with Gasteiger partial charge in [0, 0.05) is 23.7 Å². The number of allylic oxidation sites excluding steroid dienone is 3. The fraction of sp³-hybridized carbons (Fsp3) is 0.571. The lowest BCUT2D eigenvalue weighted by molar-refractivity contribution is 0.149. The van der Waals surface area contributed by atoms with E-state index in [1.807, 2.05) is 51.1 Å². The van der Waals surface area contributed by atoms with Crippen molar-refractivity contribution in [1.29, 1.82) is 0 Å². The first kappa shape index (κ1) is 28.5. The minimum atomic E-state index is -3.40. The van der Waals surface area contributed by atoms with E-state index in [2.05, 4.69) is 14.8 Å². The van der Waals surface area contributed by atoms with E-state index in [1.165, 1.54) is 0 Å². The van der Waals surface area contributed by atoms with Crippen molar-refractivity contribution < 1.29 is 17.7 Å². The number of hydrogen-bond donors (Lipinski definition) is 2. The number of rotatable bonds is 12. The van der Waals surface area contributed by atoms with Crippen LogP contribution in [0.3, 0.4) is 0 Å². The van der Waals surface area contributed by atoms with Crippen molar-refractivity contribution in [2.45, 2.75) is 71.4 Å². The number of fused-ring (bicyclic) bond motifs is 1. The molecule has 1 unspecified atom stereocenters. The summed E-state index contributed by atoms with van der Waals surface area (Å²) in [5.41, 5.74) is 9.62. The van der Waals surface area contributed by atoms with Crippen LogP contribution < -0.4 is 10.5 Å². The van der Waals surface area contributed by atoms with Crippen molar-refractivity contribution in [2.24, 2.45) is 5.73 Å². The number of benzene rings is 1. The van der Waals surface area contributed by atoms with Gasteiger partial charge in [0.1, 0.15) is 0 Å². The third kappa shape index (κ3) is 7.53. The van der Waals surface area contributed by atoms with Crippen molar-refractivity contribution in [2.75, 3.05) is 31.9 Å². The highest BCUT2D eigenvalue weighted by Crippen LogP contribution is 2.36. The van der Waals surface area contributed by atoms with E-state index in [9.17, 15) is 8.42 Å². The second-order valence-electron chi connectivity index (χ2n) is 10.4. The molecule has 1 aromatic carbocycles. The number of likely N-dealkylation sites (tertiary alicyclic amines) is 1. The molecule has 1 aliphatic heterocycles. The Kier molecular flexibility index (Phi) is 9.75. The van der Waals surface area contributed by atoms with Gasteiger partial charge in [0.05, 0.1) is 17.6 Å².